The van der Waals surface area contributed by atoms with Crippen LogP contribution in [0.1, 0.15) is 94.9 Å². The minimum atomic E-state index is -2.15. The van der Waals surface area contributed by atoms with Gasteiger partial charge in [-0.3, -0.25) is 9.69 Å². The van der Waals surface area contributed by atoms with Crippen LogP contribution in [0.4, 0.5) is 0 Å². The number of β-amino-alcohol motifs (C(OH)–C–C–N with tert-alkyl or cyclic N) is 2. The number of carbonyl (C=O) groups is 2. The van der Waals surface area contributed by atoms with Gasteiger partial charge in [-0.1, -0.05) is 27.7 Å². The summed E-state index contributed by atoms with van der Waals surface area (Å²) in [6.45, 7) is 14.5. The van der Waals surface area contributed by atoms with E-state index in [0.717, 1.165) is 0 Å². The summed E-state index contributed by atoms with van der Waals surface area (Å²) in [5.74, 6) is -4.63. The maximum atomic E-state index is 15.2. The van der Waals surface area contributed by atoms with Crippen molar-refractivity contribution in [3.8, 4) is 0 Å². The average molecular weight is 837 g/mol. The fraction of sp³-hybridized carbons (Fsp3) is 0.951. The molecular weight excluding hydrogens is 760 g/mol. The van der Waals surface area contributed by atoms with E-state index in [1.807, 2.05) is 25.9 Å². The second-order valence-corrected chi connectivity index (χ2v) is 18.2. The van der Waals surface area contributed by atoms with Crippen LogP contribution in [0.15, 0.2) is 0 Å². The molecule has 3 aliphatic rings. The number of methoxy groups -OCH3 is 1. The Morgan fingerprint density at radius 1 is 0.845 bits per heavy atom. The number of rotatable bonds is 12. The minimum Gasteiger partial charge on any atom is -0.458 e. The number of ketones is 1. The molecule has 3 heterocycles. The number of hydrogen-bond donors (Lipinski definition) is 7. The first kappa shape index (κ1) is 50.9. The molecule has 0 amide bonds. The van der Waals surface area contributed by atoms with Crippen LogP contribution in [0.2, 0.25) is 0 Å². The fourth-order valence-electron chi connectivity index (χ4n) is 9.57. The molecular formula is C41H76N2O15. The van der Waals surface area contributed by atoms with Crippen molar-refractivity contribution in [2.24, 2.45) is 17.8 Å². The molecule has 0 spiro atoms. The number of aliphatic hydroxyl groups excluding tert-OH is 5. The molecule has 3 aliphatic heterocycles. The first-order chi connectivity index (χ1) is 26.8. The number of esters is 1. The molecule has 7 N–H and O–H groups in total. The van der Waals surface area contributed by atoms with E-state index in [4.69, 9.17) is 28.4 Å². The number of Topliss-reactive ketones (excluding diaryl/α,β-unsaturated/α-hetero) is 1. The number of ether oxygens (including phenoxy) is 6. The number of aliphatic hydroxyl groups is 7. The monoisotopic (exact) mass is 837 g/mol. The normalized spacial score (nSPS) is 46.6. The molecule has 18 atom stereocenters. The Balaban J connectivity index is 2.42. The van der Waals surface area contributed by atoms with Crippen LogP contribution in [-0.2, 0) is 38.0 Å². The Morgan fingerprint density at radius 2 is 1.43 bits per heavy atom. The van der Waals surface area contributed by atoms with Crippen molar-refractivity contribution in [3.05, 3.63) is 0 Å². The van der Waals surface area contributed by atoms with E-state index in [0.29, 0.717) is 6.42 Å². The summed E-state index contributed by atoms with van der Waals surface area (Å²) in [5.41, 5.74) is -7.26. The molecule has 3 fully saturated rings. The van der Waals surface area contributed by atoms with E-state index >= 15 is 4.79 Å². The average Bonchev–Trinajstić information content (AvgIpc) is 3.15. The summed E-state index contributed by atoms with van der Waals surface area (Å²) >= 11 is 0. The fourth-order valence-corrected chi connectivity index (χ4v) is 9.57. The first-order valence-corrected chi connectivity index (χ1v) is 20.8. The minimum absolute atomic E-state index is 0.0132. The Hall–Kier alpha value is -1.42. The van der Waals surface area contributed by atoms with Crippen LogP contribution < -0.4 is 0 Å². The Morgan fingerprint density at radius 3 is 1.95 bits per heavy atom. The molecule has 0 radical (unpaired) electrons. The Kier molecular flexibility index (Phi) is 17.7. The third-order valence-electron chi connectivity index (χ3n) is 13.3. The van der Waals surface area contributed by atoms with Gasteiger partial charge in [0.05, 0.1) is 54.9 Å². The van der Waals surface area contributed by atoms with Gasteiger partial charge in [0.25, 0.3) is 0 Å². The Labute approximate surface area is 344 Å². The van der Waals surface area contributed by atoms with Crippen LogP contribution in [0.25, 0.3) is 0 Å². The van der Waals surface area contributed by atoms with Crippen LogP contribution in [0.5, 0.6) is 0 Å². The van der Waals surface area contributed by atoms with Gasteiger partial charge in [0, 0.05) is 50.4 Å². The van der Waals surface area contributed by atoms with Crippen molar-refractivity contribution in [3.63, 3.8) is 0 Å². The van der Waals surface area contributed by atoms with Crippen LogP contribution in [0.3, 0.4) is 0 Å². The predicted octanol–water partition coefficient (Wildman–Crippen LogP) is 0.195. The maximum Gasteiger partial charge on any atom is 0.329 e. The highest BCUT2D eigenvalue weighted by molar-refractivity contribution is 5.84. The van der Waals surface area contributed by atoms with Crippen molar-refractivity contribution in [1.82, 2.24) is 9.80 Å². The molecule has 58 heavy (non-hydrogen) atoms. The summed E-state index contributed by atoms with van der Waals surface area (Å²) in [5, 5.41) is 79.7. The second-order valence-electron chi connectivity index (χ2n) is 18.2. The molecule has 17 heteroatoms. The molecule has 340 valence electrons. The quantitative estimate of drug-likeness (QED) is 0.130. The van der Waals surface area contributed by atoms with Gasteiger partial charge >= 0.3 is 5.97 Å². The number of likely N-dealkylation sites (N-methyl/N-ethyl adjacent to an activating group) is 1. The smallest absolute Gasteiger partial charge is 0.329 e. The number of carbonyl (C=O) groups excluding carboxylic acids is 2. The van der Waals surface area contributed by atoms with Crippen molar-refractivity contribution in [2.45, 2.75) is 185 Å². The van der Waals surface area contributed by atoms with Gasteiger partial charge in [0.1, 0.15) is 35.2 Å². The summed E-state index contributed by atoms with van der Waals surface area (Å²) in [7, 11) is 5.09. The zero-order valence-electron chi connectivity index (χ0n) is 37.0. The summed E-state index contributed by atoms with van der Waals surface area (Å²) in [6, 6.07) is -0.402. The van der Waals surface area contributed by atoms with Crippen molar-refractivity contribution >= 4 is 11.8 Å². The molecule has 3 saturated heterocycles. The van der Waals surface area contributed by atoms with E-state index in [2.05, 4.69) is 0 Å². The van der Waals surface area contributed by atoms with Gasteiger partial charge in [-0.2, -0.15) is 0 Å². The topological polar surface area (TPSA) is 238 Å². The standard InChI is InChI=1S/C41H76N2O15/c1-14-28-41(10,52)32(48)24(4)30(46)22(2)20-38(7,51)34(58-36-31(47)27(42(11)12)19-23(3)54-36)25(5)35(40(9,37(50)56-28)43(15-17-44)16-18-45)57-29-21-39(8,53-13)33(49)26(6)55-29/h22-29,31-36,44-45,47-49,51-52H,14-21H2,1-13H3/t22-,23+,24+,25-,26+,27-,28-,29?,31+,32-,33+,34-,35+,36?,38-,39-,40+,41-/m1/s1. The van der Waals surface area contributed by atoms with Gasteiger partial charge in [-0.25, -0.2) is 4.79 Å². The highest BCUT2D eigenvalue weighted by Gasteiger charge is 2.59. The van der Waals surface area contributed by atoms with Crippen LogP contribution >= 0.6 is 0 Å². The van der Waals surface area contributed by atoms with E-state index in [-0.39, 0.29) is 38.5 Å². The molecule has 0 aromatic heterocycles. The van der Waals surface area contributed by atoms with Crippen LogP contribution in [0, 0.1) is 17.8 Å². The highest BCUT2D eigenvalue weighted by Crippen LogP contribution is 2.43. The second kappa shape index (κ2) is 20.2. The lowest BCUT2D eigenvalue weighted by Crippen LogP contribution is -2.69. The summed E-state index contributed by atoms with van der Waals surface area (Å²) in [4.78, 5) is 32.5. The van der Waals surface area contributed by atoms with E-state index in [1.54, 1.807) is 34.6 Å². The molecule has 0 aliphatic carbocycles. The number of cyclic esters (lactones) is 1. The summed E-state index contributed by atoms with van der Waals surface area (Å²) in [6.07, 6.45) is -11.6. The Bertz CT molecular complexity index is 1330. The lowest BCUT2D eigenvalue weighted by molar-refractivity contribution is -0.323. The largest absolute Gasteiger partial charge is 0.458 e. The van der Waals surface area contributed by atoms with Crippen molar-refractivity contribution < 1.29 is 73.8 Å². The molecule has 0 aromatic carbocycles. The van der Waals surface area contributed by atoms with Crippen molar-refractivity contribution in [1.29, 1.82) is 0 Å². The number of nitrogens with zero attached hydrogens (tertiary/aromatic N) is 2. The highest BCUT2D eigenvalue weighted by atomic mass is 16.7. The van der Waals surface area contributed by atoms with Gasteiger partial charge in [-0.15, -0.1) is 0 Å². The third kappa shape index (κ3) is 10.6. The van der Waals surface area contributed by atoms with E-state index in [1.165, 1.54) is 39.7 Å². The predicted molar refractivity (Wildman–Crippen MR) is 211 cm³/mol. The molecule has 3 rings (SSSR count). The molecule has 17 nitrogen and oxygen atoms in total. The first-order valence-electron chi connectivity index (χ1n) is 20.8. The molecule has 0 bridgehead atoms. The summed E-state index contributed by atoms with van der Waals surface area (Å²) < 4.78 is 38.0. The number of hydrogen-bond acceptors (Lipinski definition) is 17. The lowest BCUT2D eigenvalue weighted by Gasteiger charge is -2.53. The zero-order chi connectivity index (χ0) is 44.3. The molecule has 2 unspecified atom stereocenters. The van der Waals surface area contributed by atoms with Gasteiger partial charge in [0.2, 0.25) is 0 Å². The van der Waals surface area contributed by atoms with E-state index in [9.17, 15) is 40.5 Å². The van der Waals surface area contributed by atoms with Crippen LogP contribution in [-0.4, -0.2) is 195 Å². The lowest BCUT2D eigenvalue weighted by atomic mass is 9.72. The van der Waals surface area contributed by atoms with Gasteiger partial charge in [0.15, 0.2) is 12.6 Å². The molecule has 0 aromatic rings. The SMILES string of the molecule is CC[C@H]1OC(=O)[C@@](C)(N(CCO)CCO)[C@@H](OC2C[C@@](C)(OC)[C@@H](O)[C@H](C)O2)[C@H](C)[C@@H](OC2O[C@@H](C)C[C@@H](N(C)C)[C@@H]2O)[C@](C)(O)C[C@@H](C)C(=O)[C@H](C)[C@@H](O)[C@]1(C)O. The van der Waals surface area contributed by atoms with Crippen molar-refractivity contribution in [2.75, 3.05) is 47.5 Å². The molecule has 0 saturated carbocycles. The third-order valence-corrected chi connectivity index (χ3v) is 13.3. The zero-order valence-corrected chi connectivity index (χ0v) is 37.0. The van der Waals surface area contributed by atoms with Gasteiger partial charge < -0.3 is 69.1 Å². The maximum absolute atomic E-state index is 15.2. The van der Waals surface area contributed by atoms with Gasteiger partial charge in [-0.05, 0) is 74.9 Å². The van der Waals surface area contributed by atoms with E-state index < -0.39 is 126 Å².